The second-order valence-electron chi connectivity index (χ2n) is 9.83. The molecule has 1 amide bonds. The van der Waals surface area contributed by atoms with Gasteiger partial charge in [-0.05, 0) is 24.3 Å². The predicted molar refractivity (Wildman–Crippen MR) is 154 cm³/mol. The first kappa shape index (κ1) is 28.1. The van der Waals surface area contributed by atoms with Crippen LogP contribution in [0.3, 0.4) is 0 Å². The molecule has 0 aliphatic rings. The Morgan fingerprint density at radius 1 is 1.11 bits per heavy atom. The van der Waals surface area contributed by atoms with Gasteiger partial charge in [0.05, 0.1) is 34.1 Å². The van der Waals surface area contributed by atoms with Crippen molar-refractivity contribution in [2.45, 2.75) is 74.7 Å². The van der Waals surface area contributed by atoms with Gasteiger partial charge in [-0.3, -0.25) is 9.59 Å². The highest BCUT2D eigenvalue weighted by molar-refractivity contribution is 8.00. The Bertz CT molecular complexity index is 1350. The monoisotopic (exact) mass is 572 g/mol. The number of nitrogen functional groups attached to an aromatic ring is 1. The van der Waals surface area contributed by atoms with Gasteiger partial charge in [-0.25, -0.2) is 9.97 Å². The Morgan fingerprint density at radius 3 is 2.61 bits per heavy atom. The molecule has 4 heterocycles. The fourth-order valence-electron chi connectivity index (χ4n) is 3.62. The first-order chi connectivity index (χ1) is 18.2. The molecule has 0 spiro atoms. The first-order valence-electron chi connectivity index (χ1n) is 12.4. The average Bonchev–Trinajstić information content (AvgIpc) is 3.67. The zero-order chi connectivity index (χ0) is 27.1. The van der Waals surface area contributed by atoms with E-state index < -0.39 is 0 Å². The Kier molecular flexibility index (Phi) is 9.40. The van der Waals surface area contributed by atoms with E-state index in [-0.39, 0.29) is 17.2 Å². The molecule has 0 fully saturated rings. The van der Waals surface area contributed by atoms with Crippen LogP contribution in [0, 0.1) is 0 Å². The maximum absolute atomic E-state index is 12.5. The van der Waals surface area contributed by atoms with Crippen LogP contribution in [-0.2, 0) is 16.0 Å². The first-order valence-corrected chi connectivity index (χ1v) is 15.1. The van der Waals surface area contributed by atoms with Crippen molar-refractivity contribution in [3.63, 3.8) is 0 Å². The summed E-state index contributed by atoms with van der Waals surface area (Å²) in [6, 6.07) is 3.90. The molecule has 0 aromatic carbocycles. The average molecular weight is 573 g/mol. The number of thioether (sulfide) groups is 1. The summed E-state index contributed by atoms with van der Waals surface area (Å²) in [6.07, 6.45) is 9.15. The molecule has 38 heavy (non-hydrogen) atoms. The fourth-order valence-corrected chi connectivity index (χ4v) is 6.11. The number of carbonyl (C=O) groups is 2. The Morgan fingerprint density at radius 2 is 1.89 bits per heavy atom. The molecule has 202 valence electrons. The summed E-state index contributed by atoms with van der Waals surface area (Å²) >= 11 is 4.58. The molecule has 3 N–H and O–H groups in total. The number of anilines is 2. The van der Waals surface area contributed by atoms with E-state index in [9.17, 15) is 9.59 Å². The number of rotatable bonds is 12. The van der Waals surface area contributed by atoms with Crippen molar-refractivity contribution in [3.05, 3.63) is 47.8 Å². The van der Waals surface area contributed by atoms with E-state index in [2.05, 4.69) is 41.2 Å². The highest BCUT2D eigenvalue weighted by atomic mass is 32.2. The van der Waals surface area contributed by atoms with Crippen LogP contribution in [0.1, 0.15) is 75.7 Å². The fraction of sp³-hybridized carbons (Fsp3) is 0.423. The van der Waals surface area contributed by atoms with E-state index in [0.29, 0.717) is 35.4 Å². The topological polar surface area (TPSA) is 129 Å². The van der Waals surface area contributed by atoms with Gasteiger partial charge in [-0.15, -0.1) is 23.1 Å². The van der Waals surface area contributed by atoms with Crippen LogP contribution in [0.4, 0.5) is 10.9 Å². The molecule has 0 saturated carbocycles. The second kappa shape index (κ2) is 12.7. The Labute approximate surface area is 234 Å². The van der Waals surface area contributed by atoms with E-state index >= 15 is 0 Å². The van der Waals surface area contributed by atoms with Crippen molar-refractivity contribution < 1.29 is 14.0 Å². The molecule has 9 nitrogen and oxygen atoms in total. The summed E-state index contributed by atoms with van der Waals surface area (Å²) in [4.78, 5) is 34.5. The van der Waals surface area contributed by atoms with Gasteiger partial charge in [0.2, 0.25) is 17.7 Å². The zero-order valence-electron chi connectivity index (χ0n) is 21.7. The van der Waals surface area contributed by atoms with Gasteiger partial charge in [0.15, 0.2) is 5.13 Å². The number of unbranched alkanes of at least 4 members (excludes halogenated alkanes) is 3. The molecular formula is C26H32N6O3S3. The van der Waals surface area contributed by atoms with Crippen molar-refractivity contribution in [2.24, 2.45) is 0 Å². The number of nitrogens with two attached hydrogens (primary N) is 1. The molecule has 0 bridgehead atoms. The largest absolute Gasteiger partial charge is 0.444 e. The second-order valence-corrected chi connectivity index (χ2v) is 13.1. The van der Waals surface area contributed by atoms with Crippen molar-refractivity contribution in [3.8, 4) is 10.4 Å². The van der Waals surface area contributed by atoms with Crippen molar-refractivity contribution >= 4 is 57.2 Å². The number of nitrogens with zero attached hydrogens (tertiary/aromatic N) is 4. The van der Waals surface area contributed by atoms with E-state index in [1.54, 1.807) is 41.7 Å². The lowest BCUT2D eigenvalue weighted by Gasteiger charge is -2.12. The highest BCUT2D eigenvalue weighted by Gasteiger charge is 2.19. The van der Waals surface area contributed by atoms with Gasteiger partial charge in [0, 0.05) is 23.1 Å². The molecule has 4 aromatic heterocycles. The number of aromatic nitrogens is 4. The van der Waals surface area contributed by atoms with Crippen molar-refractivity contribution in [1.82, 2.24) is 19.7 Å². The maximum atomic E-state index is 12.5. The lowest BCUT2D eigenvalue weighted by molar-refractivity contribution is -0.116. The maximum Gasteiger partial charge on any atom is 0.248 e. The van der Waals surface area contributed by atoms with Gasteiger partial charge in [0.25, 0.3) is 0 Å². The summed E-state index contributed by atoms with van der Waals surface area (Å²) < 4.78 is 8.10. The van der Waals surface area contributed by atoms with Gasteiger partial charge in [-0.1, -0.05) is 51.0 Å². The molecule has 0 saturated heterocycles. The van der Waals surface area contributed by atoms with E-state index in [4.69, 9.17) is 10.2 Å². The summed E-state index contributed by atoms with van der Waals surface area (Å²) in [5, 5.41) is 9.59. The number of nitrogens with one attached hydrogen (secondary N) is 1. The number of amides is 1. The van der Waals surface area contributed by atoms with Crippen LogP contribution in [0.15, 0.2) is 44.7 Å². The molecule has 0 aliphatic carbocycles. The lowest BCUT2D eigenvalue weighted by atomic mass is 9.94. The van der Waals surface area contributed by atoms with Crippen LogP contribution in [-0.4, -0.2) is 31.6 Å². The van der Waals surface area contributed by atoms with Crippen LogP contribution >= 0.6 is 34.4 Å². The third-order valence-corrected chi connectivity index (χ3v) is 8.73. The minimum Gasteiger partial charge on any atom is -0.444 e. The lowest BCUT2D eigenvalue weighted by Crippen LogP contribution is -2.14. The van der Waals surface area contributed by atoms with E-state index in [1.807, 2.05) is 17.5 Å². The van der Waals surface area contributed by atoms with E-state index in [0.717, 1.165) is 46.1 Å². The molecule has 0 atom stereocenters. The molecule has 0 aliphatic heterocycles. The number of hydrogen-bond acceptors (Lipinski definition) is 10. The van der Waals surface area contributed by atoms with Gasteiger partial charge in [0.1, 0.15) is 11.6 Å². The van der Waals surface area contributed by atoms with Crippen molar-refractivity contribution in [2.75, 3.05) is 11.1 Å². The number of carbonyl (C=O) groups excluding carboxylic acids is 2. The van der Waals surface area contributed by atoms with Gasteiger partial charge < -0.3 is 15.5 Å². The van der Waals surface area contributed by atoms with Gasteiger partial charge in [-0.2, -0.15) is 9.78 Å². The predicted octanol–water partition coefficient (Wildman–Crippen LogP) is 6.85. The van der Waals surface area contributed by atoms with Crippen LogP contribution in [0.2, 0.25) is 0 Å². The van der Waals surface area contributed by atoms with E-state index in [1.165, 1.54) is 16.0 Å². The molecule has 4 rings (SSSR count). The van der Waals surface area contributed by atoms with Crippen molar-refractivity contribution in [1.29, 1.82) is 0 Å². The molecule has 4 aromatic rings. The summed E-state index contributed by atoms with van der Waals surface area (Å²) in [6.45, 7) is 6.26. The third kappa shape index (κ3) is 7.55. The zero-order valence-corrected chi connectivity index (χ0v) is 24.2. The number of oxazole rings is 1. The molecule has 12 heteroatoms. The standard InChI is InChI=1S/C26H32N6O3S3/c1-26(2,3)19-14-28-21(35-19)16-37-23-15-29-25(38-23)31-20(33)10-6-4-5-7-11-22(34)32-24(27)17(13-30-32)18-9-8-12-36-18/h8-9,12-15H,4-7,10-11,16,27H2,1-3H3,(H,29,31,33). The highest BCUT2D eigenvalue weighted by Crippen LogP contribution is 2.32. The number of hydrogen-bond donors (Lipinski definition) is 2. The SMILES string of the molecule is CC(C)(C)c1cnc(CSc2cnc(NC(=O)CCCCCCC(=O)n3ncc(-c4cccs4)c3N)s2)o1. The quantitative estimate of drug-likeness (QED) is 0.139. The summed E-state index contributed by atoms with van der Waals surface area (Å²) in [5.74, 6) is 2.36. The normalized spacial score (nSPS) is 11.7. The summed E-state index contributed by atoms with van der Waals surface area (Å²) in [7, 11) is 0. The van der Waals surface area contributed by atoms with Crippen LogP contribution < -0.4 is 11.1 Å². The summed E-state index contributed by atoms with van der Waals surface area (Å²) in [5.41, 5.74) is 6.85. The van der Waals surface area contributed by atoms with Crippen LogP contribution in [0.5, 0.6) is 0 Å². The molecule has 0 radical (unpaired) electrons. The number of thiazole rings is 1. The number of thiophene rings is 1. The minimum absolute atomic E-state index is 0.0556. The Hall–Kier alpha value is -2.96. The molecule has 0 unspecified atom stereocenters. The smallest absolute Gasteiger partial charge is 0.248 e. The van der Waals surface area contributed by atoms with Gasteiger partial charge >= 0.3 is 0 Å². The third-order valence-electron chi connectivity index (χ3n) is 5.74. The molecular weight excluding hydrogens is 541 g/mol. The van der Waals surface area contributed by atoms with Crippen LogP contribution in [0.25, 0.3) is 10.4 Å². The Balaban J connectivity index is 1.10. The minimum atomic E-state index is -0.113.